The molecule has 4 heteroatoms. The number of amidine groups is 1. The zero-order valence-corrected chi connectivity index (χ0v) is 13.3. The number of anilines is 1. The van der Waals surface area contributed by atoms with E-state index in [2.05, 4.69) is 0 Å². The molecule has 0 aliphatic heterocycles. The lowest BCUT2D eigenvalue weighted by molar-refractivity contribution is 0.432. The maximum Gasteiger partial charge on any atom is 0.144 e. The summed E-state index contributed by atoms with van der Waals surface area (Å²) in [7, 11) is 0. The van der Waals surface area contributed by atoms with Crippen LogP contribution in [0.5, 0.6) is 0 Å². The van der Waals surface area contributed by atoms with Crippen LogP contribution in [-0.4, -0.2) is 10.8 Å². The molecule has 0 aliphatic rings. The van der Waals surface area contributed by atoms with E-state index in [1.54, 1.807) is 0 Å². The summed E-state index contributed by atoms with van der Waals surface area (Å²) in [5, 5.41) is 9.73. The zero-order chi connectivity index (χ0) is 16.9. The standard InChI is InChI=1S/C20H20N4/c21-19-13-17(16-9-5-2-6-10-16)11-12-18(19)20(22)24(23)14-15-7-3-1-4-8-15/h1-13,22H,14,21,23H2. The Morgan fingerprint density at radius 1 is 0.833 bits per heavy atom. The number of hydrazine groups is 1. The van der Waals surface area contributed by atoms with Gasteiger partial charge in [0.2, 0.25) is 0 Å². The van der Waals surface area contributed by atoms with Gasteiger partial charge in [-0.1, -0.05) is 66.7 Å². The zero-order valence-electron chi connectivity index (χ0n) is 13.3. The number of hydrogen-bond donors (Lipinski definition) is 3. The Hall–Kier alpha value is -3.11. The van der Waals surface area contributed by atoms with E-state index in [0.29, 0.717) is 17.8 Å². The van der Waals surface area contributed by atoms with Crippen molar-refractivity contribution in [2.45, 2.75) is 6.54 Å². The summed E-state index contributed by atoms with van der Waals surface area (Å²) in [6, 6.07) is 25.5. The van der Waals surface area contributed by atoms with Gasteiger partial charge in [0.25, 0.3) is 0 Å². The van der Waals surface area contributed by atoms with Crippen LogP contribution in [0, 0.1) is 5.41 Å². The molecule has 0 aliphatic carbocycles. The van der Waals surface area contributed by atoms with E-state index in [9.17, 15) is 0 Å². The number of nitrogen functional groups attached to an aromatic ring is 1. The normalized spacial score (nSPS) is 10.4. The topological polar surface area (TPSA) is 79.1 Å². The van der Waals surface area contributed by atoms with Gasteiger partial charge >= 0.3 is 0 Å². The molecule has 0 aromatic heterocycles. The van der Waals surface area contributed by atoms with Gasteiger partial charge in [0.05, 0.1) is 6.54 Å². The Balaban J connectivity index is 1.80. The highest BCUT2D eigenvalue weighted by Crippen LogP contribution is 2.24. The fourth-order valence-electron chi connectivity index (χ4n) is 2.60. The van der Waals surface area contributed by atoms with Gasteiger partial charge in [0.15, 0.2) is 0 Å². The average Bonchev–Trinajstić information content (AvgIpc) is 2.62. The van der Waals surface area contributed by atoms with E-state index < -0.39 is 0 Å². The molecule has 0 saturated heterocycles. The highest BCUT2D eigenvalue weighted by molar-refractivity contribution is 6.01. The first-order chi connectivity index (χ1) is 11.6. The van der Waals surface area contributed by atoms with E-state index in [1.165, 1.54) is 5.01 Å². The number of nitrogens with two attached hydrogens (primary N) is 2. The highest BCUT2D eigenvalue weighted by Gasteiger charge is 2.12. The first-order valence-corrected chi connectivity index (χ1v) is 7.75. The molecule has 5 N–H and O–H groups in total. The van der Waals surface area contributed by atoms with Crippen LogP contribution in [0.25, 0.3) is 11.1 Å². The summed E-state index contributed by atoms with van der Waals surface area (Å²) in [5.41, 5.74) is 10.5. The molecule has 3 rings (SSSR count). The molecule has 0 radical (unpaired) electrons. The van der Waals surface area contributed by atoms with Gasteiger partial charge in [-0.05, 0) is 28.8 Å². The van der Waals surface area contributed by atoms with Crippen molar-refractivity contribution < 1.29 is 0 Å². The van der Waals surface area contributed by atoms with Gasteiger partial charge in [-0.25, -0.2) is 5.84 Å². The Morgan fingerprint density at radius 2 is 1.46 bits per heavy atom. The smallest absolute Gasteiger partial charge is 0.144 e. The molecular weight excluding hydrogens is 296 g/mol. The highest BCUT2D eigenvalue weighted by atomic mass is 15.4. The summed E-state index contributed by atoms with van der Waals surface area (Å²) >= 11 is 0. The third-order valence-electron chi connectivity index (χ3n) is 3.90. The minimum atomic E-state index is 0.205. The maximum atomic E-state index is 8.32. The Bertz CT molecular complexity index is 829. The minimum Gasteiger partial charge on any atom is -0.398 e. The van der Waals surface area contributed by atoms with Crippen molar-refractivity contribution in [2.75, 3.05) is 5.73 Å². The van der Waals surface area contributed by atoms with E-state index in [-0.39, 0.29) is 5.84 Å². The van der Waals surface area contributed by atoms with E-state index in [4.69, 9.17) is 17.0 Å². The van der Waals surface area contributed by atoms with Crippen molar-refractivity contribution in [3.8, 4) is 11.1 Å². The van der Waals surface area contributed by atoms with Gasteiger partial charge in [0, 0.05) is 11.3 Å². The van der Waals surface area contributed by atoms with Crippen molar-refractivity contribution in [3.05, 3.63) is 90.0 Å². The molecule has 0 saturated carbocycles. The lowest BCUT2D eigenvalue weighted by Gasteiger charge is -2.21. The Morgan fingerprint density at radius 3 is 2.08 bits per heavy atom. The third-order valence-corrected chi connectivity index (χ3v) is 3.90. The van der Waals surface area contributed by atoms with Gasteiger partial charge in [-0.3, -0.25) is 10.4 Å². The number of hydrogen-bond acceptors (Lipinski definition) is 3. The van der Waals surface area contributed by atoms with Gasteiger partial charge in [-0.15, -0.1) is 0 Å². The molecule has 3 aromatic carbocycles. The quantitative estimate of drug-likeness (QED) is 0.226. The SMILES string of the molecule is N=C(c1ccc(-c2ccccc2)cc1N)N(N)Cc1ccccc1. The van der Waals surface area contributed by atoms with Crippen LogP contribution in [0.4, 0.5) is 5.69 Å². The molecule has 120 valence electrons. The Labute approximate surface area is 141 Å². The molecule has 4 nitrogen and oxygen atoms in total. The maximum absolute atomic E-state index is 8.32. The number of nitrogens with one attached hydrogen (secondary N) is 1. The molecule has 0 heterocycles. The van der Waals surface area contributed by atoms with Crippen molar-refractivity contribution >= 4 is 11.5 Å². The van der Waals surface area contributed by atoms with Crippen molar-refractivity contribution in [3.63, 3.8) is 0 Å². The Kier molecular flexibility index (Phi) is 4.59. The lowest BCUT2D eigenvalue weighted by atomic mass is 10.0. The van der Waals surface area contributed by atoms with Crippen LogP contribution in [0.15, 0.2) is 78.9 Å². The summed E-state index contributed by atoms with van der Waals surface area (Å²) in [5.74, 6) is 6.26. The number of rotatable bonds is 4. The van der Waals surface area contributed by atoms with Gasteiger partial charge < -0.3 is 5.73 Å². The van der Waals surface area contributed by atoms with Crippen LogP contribution in [-0.2, 0) is 6.54 Å². The molecule has 0 atom stereocenters. The fraction of sp³-hybridized carbons (Fsp3) is 0.0500. The van der Waals surface area contributed by atoms with E-state index in [0.717, 1.165) is 16.7 Å². The molecule has 24 heavy (non-hydrogen) atoms. The molecular formula is C20H20N4. The first-order valence-electron chi connectivity index (χ1n) is 7.75. The van der Waals surface area contributed by atoms with Crippen LogP contribution < -0.4 is 11.6 Å². The van der Waals surface area contributed by atoms with Crippen LogP contribution >= 0.6 is 0 Å². The summed E-state index contributed by atoms with van der Waals surface area (Å²) in [6.45, 7) is 0.458. The largest absolute Gasteiger partial charge is 0.398 e. The van der Waals surface area contributed by atoms with Crippen molar-refractivity contribution in [1.82, 2.24) is 5.01 Å². The predicted octanol–water partition coefficient (Wildman–Crippen LogP) is 3.64. The summed E-state index contributed by atoms with van der Waals surface area (Å²) in [6.07, 6.45) is 0. The van der Waals surface area contributed by atoms with Crippen LogP contribution in [0.1, 0.15) is 11.1 Å². The van der Waals surface area contributed by atoms with Crippen LogP contribution in [0.3, 0.4) is 0 Å². The lowest BCUT2D eigenvalue weighted by Crippen LogP contribution is -2.37. The molecule has 0 unspecified atom stereocenters. The molecule has 0 fully saturated rings. The summed E-state index contributed by atoms with van der Waals surface area (Å²) < 4.78 is 0. The van der Waals surface area contributed by atoms with Crippen molar-refractivity contribution in [2.24, 2.45) is 5.84 Å². The monoisotopic (exact) mass is 316 g/mol. The summed E-state index contributed by atoms with van der Waals surface area (Å²) in [4.78, 5) is 0. The molecule has 0 bridgehead atoms. The predicted molar refractivity (Wildman–Crippen MR) is 99.3 cm³/mol. The van der Waals surface area contributed by atoms with Gasteiger partial charge in [-0.2, -0.15) is 0 Å². The van der Waals surface area contributed by atoms with E-state index in [1.807, 2.05) is 78.9 Å². The second-order valence-corrected chi connectivity index (χ2v) is 5.63. The van der Waals surface area contributed by atoms with Crippen molar-refractivity contribution in [1.29, 1.82) is 5.41 Å². The molecule has 0 amide bonds. The minimum absolute atomic E-state index is 0.205. The first kappa shape index (κ1) is 15.8. The average molecular weight is 316 g/mol. The molecule has 3 aromatic rings. The van der Waals surface area contributed by atoms with Crippen LogP contribution in [0.2, 0.25) is 0 Å². The fourth-order valence-corrected chi connectivity index (χ4v) is 2.60. The second-order valence-electron chi connectivity index (χ2n) is 5.63. The number of nitrogens with zero attached hydrogens (tertiary/aromatic N) is 1. The van der Waals surface area contributed by atoms with E-state index >= 15 is 0 Å². The number of benzene rings is 3. The second kappa shape index (κ2) is 6.98. The third kappa shape index (κ3) is 3.45. The molecule has 0 spiro atoms. The van der Waals surface area contributed by atoms with Gasteiger partial charge in [0.1, 0.15) is 5.84 Å².